The van der Waals surface area contributed by atoms with E-state index in [9.17, 15) is 0 Å². The van der Waals surface area contributed by atoms with Crippen LogP contribution in [0.25, 0.3) is 0 Å². The van der Waals surface area contributed by atoms with Crippen LogP contribution in [0.5, 0.6) is 0 Å². The molecule has 3 nitrogen and oxygen atoms in total. The zero-order chi connectivity index (χ0) is 12.1. The average Bonchev–Trinajstić information content (AvgIpc) is 2.38. The van der Waals surface area contributed by atoms with Gasteiger partial charge in [0.2, 0.25) is 0 Å². The van der Waals surface area contributed by atoms with E-state index in [-0.39, 0.29) is 24.0 Å². The number of piperidine rings is 1. The van der Waals surface area contributed by atoms with Gasteiger partial charge in [-0.3, -0.25) is 0 Å². The van der Waals surface area contributed by atoms with Crippen molar-refractivity contribution in [2.24, 2.45) is 16.6 Å². The first-order chi connectivity index (χ1) is 8.25. The second-order valence-corrected chi connectivity index (χ2v) is 4.83. The second kappa shape index (κ2) is 7.61. The number of rotatable bonds is 2. The van der Waals surface area contributed by atoms with Gasteiger partial charge in [-0.25, -0.2) is 4.99 Å². The number of benzene rings is 1. The van der Waals surface area contributed by atoms with Gasteiger partial charge in [0.25, 0.3) is 0 Å². The zero-order valence-corrected chi connectivity index (χ0v) is 13.2. The van der Waals surface area contributed by atoms with Crippen LogP contribution in [0.3, 0.4) is 0 Å². The minimum Gasteiger partial charge on any atom is -0.370 e. The Hall–Kier alpha value is -0.780. The summed E-state index contributed by atoms with van der Waals surface area (Å²) in [6, 6.07) is 10.2. The highest BCUT2D eigenvalue weighted by Gasteiger charge is 2.16. The lowest BCUT2D eigenvalue weighted by molar-refractivity contribution is 0.277. The van der Waals surface area contributed by atoms with Crippen LogP contribution in [0.15, 0.2) is 35.3 Å². The summed E-state index contributed by atoms with van der Waals surface area (Å²) in [6.07, 6.45) is 2.45. The van der Waals surface area contributed by atoms with Crippen molar-refractivity contribution in [3.8, 4) is 0 Å². The predicted octanol–water partition coefficient (Wildman–Crippen LogP) is 2.85. The fraction of sp³-hybridized carbons (Fsp3) is 0.500. The van der Waals surface area contributed by atoms with Crippen LogP contribution in [0.1, 0.15) is 25.3 Å². The van der Waals surface area contributed by atoms with Crippen molar-refractivity contribution in [3.05, 3.63) is 35.9 Å². The van der Waals surface area contributed by atoms with E-state index < -0.39 is 0 Å². The molecule has 1 heterocycles. The van der Waals surface area contributed by atoms with E-state index in [1.165, 1.54) is 18.4 Å². The SMILES string of the molecule is CC1CCN(C(N)=NCc2ccccc2)CC1.I. The first-order valence-corrected chi connectivity index (χ1v) is 6.34. The summed E-state index contributed by atoms with van der Waals surface area (Å²) in [6.45, 7) is 5.07. The average molecular weight is 359 g/mol. The van der Waals surface area contributed by atoms with Crippen LogP contribution < -0.4 is 5.73 Å². The van der Waals surface area contributed by atoms with Crippen LogP contribution in [0, 0.1) is 5.92 Å². The zero-order valence-electron chi connectivity index (χ0n) is 10.9. The van der Waals surface area contributed by atoms with Crippen LogP contribution in [-0.4, -0.2) is 23.9 Å². The summed E-state index contributed by atoms with van der Waals surface area (Å²) >= 11 is 0. The molecule has 1 fully saturated rings. The van der Waals surface area contributed by atoms with E-state index in [2.05, 4.69) is 28.9 Å². The van der Waals surface area contributed by atoms with Crippen molar-refractivity contribution in [1.29, 1.82) is 0 Å². The number of aliphatic imine (C=N–C) groups is 1. The molecule has 4 heteroatoms. The van der Waals surface area contributed by atoms with Crippen molar-refractivity contribution in [1.82, 2.24) is 4.90 Å². The standard InChI is InChI=1S/C14H21N3.HI/c1-12-7-9-17(10-8-12)14(15)16-11-13-5-3-2-4-6-13;/h2-6,12H,7-11H2,1H3,(H2,15,16);1H. The number of nitrogens with two attached hydrogens (primary N) is 1. The number of likely N-dealkylation sites (tertiary alicyclic amines) is 1. The molecule has 18 heavy (non-hydrogen) atoms. The molecule has 1 aromatic carbocycles. The number of hydrogen-bond donors (Lipinski definition) is 1. The smallest absolute Gasteiger partial charge is 0.191 e. The molecule has 0 saturated carbocycles. The summed E-state index contributed by atoms with van der Waals surface area (Å²) in [7, 11) is 0. The maximum atomic E-state index is 6.02. The molecule has 100 valence electrons. The van der Waals surface area contributed by atoms with Gasteiger partial charge < -0.3 is 10.6 Å². The molecule has 1 aliphatic heterocycles. The van der Waals surface area contributed by atoms with Crippen molar-refractivity contribution in [3.63, 3.8) is 0 Å². The molecule has 2 rings (SSSR count). The molecule has 2 N–H and O–H groups in total. The summed E-state index contributed by atoms with van der Waals surface area (Å²) in [5, 5.41) is 0. The Morgan fingerprint density at radius 1 is 1.28 bits per heavy atom. The van der Waals surface area contributed by atoms with Gasteiger partial charge in [0, 0.05) is 13.1 Å². The number of guanidine groups is 1. The summed E-state index contributed by atoms with van der Waals surface area (Å²) in [5.41, 5.74) is 7.23. The van der Waals surface area contributed by atoms with Gasteiger partial charge in [-0.1, -0.05) is 37.3 Å². The molecule has 1 aliphatic rings. The monoisotopic (exact) mass is 359 g/mol. The lowest BCUT2D eigenvalue weighted by Gasteiger charge is -2.31. The lowest BCUT2D eigenvalue weighted by Crippen LogP contribution is -2.42. The quantitative estimate of drug-likeness (QED) is 0.501. The molecular formula is C14H22IN3. The molecule has 0 aromatic heterocycles. The first kappa shape index (κ1) is 15.3. The van der Waals surface area contributed by atoms with Gasteiger partial charge in [0.1, 0.15) is 0 Å². The Morgan fingerprint density at radius 2 is 1.89 bits per heavy atom. The second-order valence-electron chi connectivity index (χ2n) is 4.83. The van der Waals surface area contributed by atoms with E-state index >= 15 is 0 Å². The minimum absolute atomic E-state index is 0. The molecular weight excluding hydrogens is 337 g/mol. The van der Waals surface area contributed by atoms with E-state index in [1.807, 2.05) is 18.2 Å². The fourth-order valence-electron chi connectivity index (χ4n) is 2.09. The molecule has 0 radical (unpaired) electrons. The molecule has 1 aromatic rings. The van der Waals surface area contributed by atoms with Gasteiger partial charge in [0.15, 0.2) is 5.96 Å². The van der Waals surface area contributed by atoms with Crippen LogP contribution in [0.2, 0.25) is 0 Å². The summed E-state index contributed by atoms with van der Waals surface area (Å²) in [4.78, 5) is 6.66. The minimum atomic E-state index is 0. The third kappa shape index (κ3) is 4.48. The number of nitrogens with zero attached hydrogens (tertiary/aromatic N) is 2. The largest absolute Gasteiger partial charge is 0.370 e. The number of halogens is 1. The highest BCUT2D eigenvalue weighted by molar-refractivity contribution is 14.0. The first-order valence-electron chi connectivity index (χ1n) is 6.34. The highest BCUT2D eigenvalue weighted by Crippen LogP contribution is 2.15. The van der Waals surface area contributed by atoms with Gasteiger partial charge in [-0.05, 0) is 24.3 Å². The maximum Gasteiger partial charge on any atom is 0.191 e. The normalized spacial score (nSPS) is 17.4. The molecule has 0 aliphatic carbocycles. The molecule has 0 bridgehead atoms. The van der Waals surface area contributed by atoms with Crippen LogP contribution in [-0.2, 0) is 6.54 Å². The van der Waals surface area contributed by atoms with Gasteiger partial charge in [-0.2, -0.15) is 0 Å². The van der Waals surface area contributed by atoms with E-state index in [1.54, 1.807) is 0 Å². The third-order valence-electron chi connectivity index (χ3n) is 3.37. The van der Waals surface area contributed by atoms with E-state index in [0.29, 0.717) is 12.5 Å². The Bertz CT molecular complexity index is 370. The summed E-state index contributed by atoms with van der Waals surface area (Å²) in [5.74, 6) is 1.52. The molecule has 1 saturated heterocycles. The Labute approximate surface area is 126 Å². The lowest BCUT2D eigenvalue weighted by atomic mass is 10.00. The van der Waals surface area contributed by atoms with Gasteiger partial charge in [-0.15, -0.1) is 24.0 Å². The maximum absolute atomic E-state index is 6.02. The highest BCUT2D eigenvalue weighted by atomic mass is 127. The van der Waals surface area contributed by atoms with Crippen LogP contribution >= 0.6 is 24.0 Å². The Kier molecular flexibility index (Phi) is 6.46. The summed E-state index contributed by atoms with van der Waals surface area (Å²) < 4.78 is 0. The topological polar surface area (TPSA) is 41.6 Å². The molecule has 0 spiro atoms. The number of hydrogen-bond acceptors (Lipinski definition) is 1. The van der Waals surface area contributed by atoms with Crippen LogP contribution in [0.4, 0.5) is 0 Å². The molecule has 0 amide bonds. The van der Waals surface area contributed by atoms with Gasteiger partial charge >= 0.3 is 0 Å². The van der Waals surface area contributed by atoms with Crippen molar-refractivity contribution < 1.29 is 0 Å². The Morgan fingerprint density at radius 3 is 2.50 bits per heavy atom. The fourth-order valence-corrected chi connectivity index (χ4v) is 2.09. The van der Waals surface area contributed by atoms with Crippen molar-refractivity contribution >= 4 is 29.9 Å². The predicted molar refractivity (Wildman–Crippen MR) is 87.2 cm³/mol. The van der Waals surface area contributed by atoms with E-state index in [4.69, 9.17) is 5.73 Å². The Balaban J connectivity index is 0.00000162. The van der Waals surface area contributed by atoms with Crippen molar-refractivity contribution in [2.75, 3.05) is 13.1 Å². The molecule has 0 unspecified atom stereocenters. The van der Waals surface area contributed by atoms with E-state index in [0.717, 1.165) is 19.0 Å². The van der Waals surface area contributed by atoms with Crippen molar-refractivity contribution in [2.45, 2.75) is 26.3 Å². The molecule has 0 atom stereocenters. The van der Waals surface area contributed by atoms with Gasteiger partial charge in [0.05, 0.1) is 6.54 Å². The third-order valence-corrected chi connectivity index (χ3v) is 3.37.